The third kappa shape index (κ3) is 2.04. The average molecular weight is 333 g/mol. The lowest BCUT2D eigenvalue weighted by atomic mass is 9.81. The predicted octanol–water partition coefficient (Wildman–Crippen LogP) is 4.25. The van der Waals surface area contributed by atoms with Crippen LogP contribution in [0.15, 0.2) is 60.7 Å². The number of morpholine rings is 1. The minimum Gasteiger partial charge on any atom is -0.379 e. The van der Waals surface area contributed by atoms with Gasteiger partial charge in [-0.1, -0.05) is 73.5 Å². The molecule has 2 atom stereocenters. The Morgan fingerprint density at radius 2 is 1.40 bits per heavy atom. The van der Waals surface area contributed by atoms with Gasteiger partial charge in [0.05, 0.1) is 13.2 Å². The minimum atomic E-state index is 0.156. The van der Waals surface area contributed by atoms with Gasteiger partial charge in [0, 0.05) is 24.0 Å². The molecule has 2 saturated carbocycles. The monoisotopic (exact) mass is 333 g/mol. The normalized spacial score (nSPS) is 31.3. The van der Waals surface area contributed by atoms with Gasteiger partial charge in [0.2, 0.25) is 0 Å². The van der Waals surface area contributed by atoms with Gasteiger partial charge in [-0.3, -0.25) is 4.90 Å². The summed E-state index contributed by atoms with van der Waals surface area (Å²) in [7, 11) is 0. The van der Waals surface area contributed by atoms with Gasteiger partial charge < -0.3 is 4.74 Å². The molecule has 0 N–H and O–H groups in total. The van der Waals surface area contributed by atoms with Crippen LogP contribution in [0.2, 0.25) is 0 Å². The molecular weight excluding hydrogens is 306 g/mol. The zero-order valence-corrected chi connectivity index (χ0v) is 14.9. The molecule has 0 amide bonds. The van der Waals surface area contributed by atoms with E-state index in [1.54, 1.807) is 0 Å². The van der Waals surface area contributed by atoms with E-state index in [1.165, 1.54) is 36.8 Å². The van der Waals surface area contributed by atoms with Crippen LogP contribution in [0.5, 0.6) is 0 Å². The van der Waals surface area contributed by atoms with Crippen molar-refractivity contribution in [2.45, 2.75) is 36.6 Å². The standard InChI is InChI=1S/C23H27NO/c1-3-9-19(10-4-1)23(20-11-5-2-6-12-20)21-13-7-8-14-22(21,23)24-15-17-25-18-16-24/h1-6,9-12,21H,7-8,13-18H2/t21-,22-/m0/s1. The molecule has 0 aromatic heterocycles. The highest BCUT2D eigenvalue weighted by molar-refractivity contribution is 5.57. The van der Waals surface area contributed by atoms with E-state index in [9.17, 15) is 0 Å². The highest BCUT2D eigenvalue weighted by Gasteiger charge is 2.79. The maximum atomic E-state index is 5.69. The van der Waals surface area contributed by atoms with E-state index >= 15 is 0 Å². The Morgan fingerprint density at radius 1 is 0.800 bits per heavy atom. The molecule has 0 bridgehead atoms. The molecule has 0 unspecified atom stereocenters. The summed E-state index contributed by atoms with van der Waals surface area (Å²) in [5, 5.41) is 0. The fraction of sp³-hybridized carbons (Fsp3) is 0.478. The molecule has 1 aliphatic heterocycles. The van der Waals surface area contributed by atoms with Crippen molar-refractivity contribution in [2.24, 2.45) is 5.92 Å². The van der Waals surface area contributed by atoms with Crippen LogP contribution in [-0.2, 0) is 10.2 Å². The summed E-state index contributed by atoms with van der Waals surface area (Å²) in [6, 6.07) is 22.6. The molecule has 2 heteroatoms. The second-order valence-corrected chi connectivity index (χ2v) is 7.86. The highest BCUT2D eigenvalue weighted by Crippen LogP contribution is 2.74. The average Bonchev–Trinajstić information content (AvgIpc) is 3.36. The molecule has 0 radical (unpaired) electrons. The smallest absolute Gasteiger partial charge is 0.0594 e. The summed E-state index contributed by atoms with van der Waals surface area (Å²) in [6.07, 6.45) is 5.40. The maximum absolute atomic E-state index is 5.69. The lowest BCUT2D eigenvalue weighted by Crippen LogP contribution is -2.50. The molecule has 3 fully saturated rings. The van der Waals surface area contributed by atoms with E-state index in [4.69, 9.17) is 4.74 Å². The Labute approximate surface area is 150 Å². The summed E-state index contributed by atoms with van der Waals surface area (Å²) < 4.78 is 5.69. The third-order valence-electron chi connectivity index (χ3n) is 7.03. The largest absolute Gasteiger partial charge is 0.379 e. The fourth-order valence-electron chi connectivity index (χ4n) is 6.23. The van der Waals surface area contributed by atoms with Crippen LogP contribution >= 0.6 is 0 Å². The molecule has 5 rings (SSSR count). The lowest BCUT2D eigenvalue weighted by Gasteiger charge is -2.40. The van der Waals surface area contributed by atoms with E-state index < -0.39 is 0 Å². The van der Waals surface area contributed by atoms with Crippen LogP contribution in [0, 0.1) is 5.92 Å². The summed E-state index contributed by atoms with van der Waals surface area (Å²) in [5.41, 5.74) is 3.47. The predicted molar refractivity (Wildman–Crippen MR) is 101 cm³/mol. The van der Waals surface area contributed by atoms with Crippen LogP contribution in [0.1, 0.15) is 36.8 Å². The Morgan fingerprint density at radius 3 is 2.00 bits per heavy atom. The molecule has 2 aromatic rings. The second kappa shape index (κ2) is 5.96. The number of hydrogen-bond acceptors (Lipinski definition) is 2. The first-order chi connectivity index (χ1) is 12.4. The van der Waals surface area contributed by atoms with Crippen LogP contribution in [-0.4, -0.2) is 36.7 Å². The Hall–Kier alpha value is -1.64. The van der Waals surface area contributed by atoms with Crippen molar-refractivity contribution in [3.8, 4) is 0 Å². The molecule has 130 valence electrons. The van der Waals surface area contributed by atoms with Crippen LogP contribution in [0.3, 0.4) is 0 Å². The van der Waals surface area contributed by atoms with Crippen molar-refractivity contribution in [1.82, 2.24) is 4.90 Å². The summed E-state index contributed by atoms with van der Waals surface area (Å²) in [4.78, 5) is 2.79. The van der Waals surface area contributed by atoms with Crippen molar-refractivity contribution in [2.75, 3.05) is 26.3 Å². The first kappa shape index (κ1) is 15.6. The SMILES string of the molecule is c1ccc(C2(c3ccccc3)[C@H]3CCCC[C@]32N2CCOCC2)cc1. The highest BCUT2D eigenvalue weighted by atomic mass is 16.5. The number of fused-ring (bicyclic) bond motifs is 1. The fourth-order valence-corrected chi connectivity index (χ4v) is 6.23. The Bertz CT molecular complexity index is 683. The lowest BCUT2D eigenvalue weighted by molar-refractivity contribution is -0.00507. The number of benzene rings is 2. The van der Waals surface area contributed by atoms with Gasteiger partial charge in [0.15, 0.2) is 0 Å². The van der Waals surface area contributed by atoms with E-state index in [-0.39, 0.29) is 11.0 Å². The summed E-state index contributed by atoms with van der Waals surface area (Å²) in [5.74, 6) is 0.733. The van der Waals surface area contributed by atoms with Crippen LogP contribution < -0.4 is 0 Å². The van der Waals surface area contributed by atoms with Crippen LogP contribution in [0.4, 0.5) is 0 Å². The number of hydrogen-bond donors (Lipinski definition) is 0. The van der Waals surface area contributed by atoms with Crippen molar-refractivity contribution in [1.29, 1.82) is 0 Å². The molecule has 2 aromatic carbocycles. The molecule has 2 nitrogen and oxygen atoms in total. The van der Waals surface area contributed by atoms with Gasteiger partial charge in [-0.25, -0.2) is 0 Å². The zero-order valence-electron chi connectivity index (χ0n) is 14.9. The maximum Gasteiger partial charge on any atom is 0.0594 e. The van der Waals surface area contributed by atoms with Gasteiger partial charge in [0.25, 0.3) is 0 Å². The molecule has 0 spiro atoms. The van der Waals surface area contributed by atoms with Gasteiger partial charge in [-0.15, -0.1) is 0 Å². The summed E-state index contributed by atoms with van der Waals surface area (Å²) in [6.45, 7) is 3.93. The molecular formula is C23H27NO. The van der Waals surface area contributed by atoms with E-state index in [0.29, 0.717) is 0 Å². The Balaban J connectivity index is 1.70. The van der Waals surface area contributed by atoms with Crippen molar-refractivity contribution in [3.63, 3.8) is 0 Å². The minimum absolute atomic E-state index is 0.156. The molecule has 1 saturated heterocycles. The number of ether oxygens (including phenoxy) is 1. The first-order valence-corrected chi connectivity index (χ1v) is 9.84. The number of rotatable bonds is 3. The molecule has 1 heterocycles. The first-order valence-electron chi connectivity index (χ1n) is 9.84. The van der Waals surface area contributed by atoms with Gasteiger partial charge in [-0.05, 0) is 29.9 Å². The van der Waals surface area contributed by atoms with Crippen molar-refractivity contribution >= 4 is 0 Å². The van der Waals surface area contributed by atoms with Gasteiger partial charge >= 0.3 is 0 Å². The van der Waals surface area contributed by atoms with E-state index in [1.807, 2.05) is 0 Å². The Kier molecular flexibility index (Phi) is 3.72. The van der Waals surface area contributed by atoms with Gasteiger partial charge in [-0.2, -0.15) is 0 Å². The quantitative estimate of drug-likeness (QED) is 0.833. The van der Waals surface area contributed by atoms with E-state index in [0.717, 1.165) is 32.2 Å². The topological polar surface area (TPSA) is 12.5 Å². The molecule has 25 heavy (non-hydrogen) atoms. The van der Waals surface area contributed by atoms with Crippen molar-refractivity contribution < 1.29 is 4.74 Å². The third-order valence-corrected chi connectivity index (χ3v) is 7.03. The summed E-state index contributed by atoms with van der Waals surface area (Å²) >= 11 is 0. The van der Waals surface area contributed by atoms with E-state index in [2.05, 4.69) is 65.6 Å². The second-order valence-electron chi connectivity index (χ2n) is 7.86. The number of nitrogens with zero attached hydrogens (tertiary/aromatic N) is 1. The van der Waals surface area contributed by atoms with Gasteiger partial charge in [0.1, 0.15) is 0 Å². The molecule has 3 aliphatic rings. The van der Waals surface area contributed by atoms with Crippen LogP contribution in [0.25, 0.3) is 0 Å². The zero-order chi connectivity index (χ0) is 16.7. The van der Waals surface area contributed by atoms with Crippen molar-refractivity contribution in [3.05, 3.63) is 71.8 Å². The molecule has 2 aliphatic carbocycles.